The number of rotatable bonds is 4. The van der Waals surface area contributed by atoms with Crippen molar-refractivity contribution in [2.45, 2.75) is 17.9 Å². The quantitative estimate of drug-likeness (QED) is 0.863. The van der Waals surface area contributed by atoms with Crippen LogP contribution in [0.15, 0.2) is 41.8 Å². The van der Waals surface area contributed by atoms with E-state index in [0.29, 0.717) is 30.1 Å². The number of amides is 1. The summed E-state index contributed by atoms with van der Waals surface area (Å²) in [4.78, 5) is 18.8. The Labute approximate surface area is 145 Å². The molecule has 1 aromatic carbocycles. The van der Waals surface area contributed by atoms with E-state index in [9.17, 15) is 13.2 Å². The Morgan fingerprint density at radius 1 is 1.42 bits per heavy atom. The molecule has 0 unspecified atom stereocenters. The fraction of sp³-hybridized carbons (Fsp3) is 0.333. The third-order valence-corrected chi connectivity index (χ3v) is 5.96. The number of nitrogens with zero attached hydrogens (tertiary/aromatic N) is 2. The Morgan fingerprint density at radius 2 is 2.25 bits per heavy atom. The van der Waals surface area contributed by atoms with Gasteiger partial charge in [-0.15, -0.1) is 0 Å². The van der Waals surface area contributed by atoms with E-state index in [4.69, 9.17) is 11.6 Å². The maximum Gasteiger partial charge on any atom is 0.260 e. The van der Waals surface area contributed by atoms with E-state index < -0.39 is 15.9 Å². The molecule has 0 radical (unpaired) electrons. The topological polar surface area (TPSA) is 95.2 Å². The van der Waals surface area contributed by atoms with Gasteiger partial charge in [-0.3, -0.25) is 4.79 Å². The summed E-state index contributed by atoms with van der Waals surface area (Å²) in [7, 11) is -3.65. The third kappa shape index (κ3) is 3.61. The van der Waals surface area contributed by atoms with E-state index in [1.807, 2.05) is 0 Å². The second-order valence-corrected chi connectivity index (χ2v) is 7.96. The number of nitrogens with one attached hydrogen (secondary N) is 2. The first-order chi connectivity index (χ1) is 11.5. The molecule has 3 rings (SSSR count). The molecule has 2 N–H and O–H groups in total. The summed E-state index contributed by atoms with van der Waals surface area (Å²) in [5.41, 5.74) is 0.598. The Bertz CT molecular complexity index is 823. The average molecular weight is 369 g/mol. The first-order valence-electron chi connectivity index (χ1n) is 7.52. The average Bonchev–Trinajstić information content (AvgIpc) is 3.10. The molecular formula is C15H17ClN4O3S. The number of halogens is 1. The minimum absolute atomic E-state index is 0.0402. The molecule has 1 aliphatic rings. The number of carbonyl (C=O) groups is 1. The second-order valence-electron chi connectivity index (χ2n) is 5.62. The van der Waals surface area contributed by atoms with Gasteiger partial charge in [0.2, 0.25) is 5.91 Å². The van der Waals surface area contributed by atoms with Crippen LogP contribution in [0.5, 0.6) is 0 Å². The van der Waals surface area contributed by atoms with Gasteiger partial charge in [0, 0.05) is 23.8 Å². The fourth-order valence-corrected chi connectivity index (χ4v) is 4.32. The summed E-state index contributed by atoms with van der Waals surface area (Å²) in [5, 5.41) is 3.36. The van der Waals surface area contributed by atoms with Crippen LogP contribution in [0.4, 0.5) is 5.69 Å². The van der Waals surface area contributed by atoms with Crippen LogP contribution in [0.25, 0.3) is 0 Å². The molecule has 0 bridgehead atoms. The highest BCUT2D eigenvalue weighted by atomic mass is 35.5. The van der Waals surface area contributed by atoms with Crippen molar-refractivity contribution in [2.75, 3.05) is 18.4 Å². The van der Waals surface area contributed by atoms with Gasteiger partial charge in [-0.25, -0.2) is 13.4 Å². The van der Waals surface area contributed by atoms with Gasteiger partial charge in [-0.2, -0.15) is 4.31 Å². The smallest absolute Gasteiger partial charge is 0.260 e. The predicted octanol–water partition coefficient (Wildman–Crippen LogP) is 2.10. The zero-order valence-electron chi connectivity index (χ0n) is 12.8. The molecule has 1 aromatic heterocycles. The van der Waals surface area contributed by atoms with E-state index in [-0.39, 0.29) is 17.5 Å². The van der Waals surface area contributed by atoms with Gasteiger partial charge in [0.25, 0.3) is 10.0 Å². The molecule has 0 saturated carbocycles. The lowest BCUT2D eigenvalue weighted by molar-refractivity contribution is -0.120. The molecule has 9 heteroatoms. The second kappa shape index (κ2) is 6.92. The van der Waals surface area contributed by atoms with E-state index in [1.54, 1.807) is 24.3 Å². The molecule has 0 aliphatic carbocycles. The SMILES string of the molecule is O=C(Nc1cccc(Cl)c1)[C@@H]1CCCN(S(=O)(=O)c2cnc[nH]2)C1. The van der Waals surface area contributed by atoms with Crippen LogP contribution in [0, 0.1) is 5.92 Å². The number of anilines is 1. The van der Waals surface area contributed by atoms with E-state index in [1.165, 1.54) is 16.8 Å². The lowest BCUT2D eigenvalue weighted by atomic mass is 9.99. The van der Waals surface area contributed by atoms with Crippen LogP contribution in [-0.4, -0.2) is 41.7 Å². The van der Waals surface area contributed by atoms with Crippen molar-refractivity contribution >= 4 is 33.2 Å². The van der Waals surface area contributed by atoms with Crippen molar-refractivity contribution in [1.29, 1.82) is 0 Å². The van der Waals surface area contributed by atoms with Gasteiger partial charge in [0.15, 0.2) is 5.03 Å². The molecule has 2 aromatic rings. The van der Waals surface area contributed by atoms with Crippen LogP contribution in [0.2, 0.25) is 5.02 Å². The standard InChI is InChI=1S/C15H17ClN4O3S/c16-12-4-1-5-13(7-12)19-15(21)11-3-2-6-20(9-11)24(22,23)14-8-17-10-18-14/h1,4-5,7-8,10-11H,2-3,6,9H2,(H,17,18)(H,19,21)/t11-/m1/s1. The van der Waals surface area contributed by atoms with E-state index >= 15 is 0 Å². The van der Waals surface area contributed by atoms with Gasteiger partial charge < -0.3 is 10.3 Å². The molecular weight excluding hydrogens is 352 g/mol. The van der Waals surface area contributed by atoms with Crippen molar-refractivity contribution in [3.05, 3.63) is 41.8 Å². The van der Waals surface area contributed by atoms with Crippen molar-refractivity contribution < 1.29 is 13.2 Å². The molecule has 1 amide bonds. The van der Waals surface area contributed by atoms with Crippen molar-refractivity contribution in [1.82, 2.24) is 14.3 Å². The Morgan fingerprint density at radius 3 is 2.96 bits per heavy atom. The predicted molar refractivity (Wildman–Crippen MR) is 90.2 cm³/mol. The largest absolute Gasteiger partial charge is 0.335 e. The van der Waals surface area contributed by atoms with Gasteiger partial charge in [0.05, 0.1) is 18.4 Å². The maximum absolute atomic E-state index is 12.5. The fourth-order valence-electron chi connectivity index (χ4n) is 2.71. The molecule has 1 aliphatic heterocycles. The number of H-pyrrole nitrogens is 1. The van der Waals surface area contributed by atoms with Crippen LogP contribution in [0.1, 0.15) is 12.8 Å². The molecule has 24 heavy (non-hydrogen) atoms. The molecule has 128 valence electrons. The monoisotopic (exact) mass is 368 g/mol. The number of piperidine rings is 1. The number of hydrogen-bond acceptors (Lipinski definition) is 4. The lowest BCUT2D eigenvalue weighted by Gasteiger charge is -2.30. The summed E-state index contributed by atoms with van der Waals surface area (Å²) in [6.45, 7) is 0.538. The summed E-state index contributed by atoms with van der Waals surface area (Å²) < 4.78 is 26.4. The number of carbonyl (C=O) groups excluding carboxylic acids is 1. The van der Waals surface area contributed by atoms with Gasteiger partial charge in [-0.1, -0.05) is 17.7 Å². The normalized spacial score (nSPS) is 19.1. The maximum atomic E-state index is 12.5. The van der Waals surface area contributed by atoms with Crippen LogP contribution in [0.3, 0.4) is 0 Å². The molecule has 1 saturated heterocycles. The third-order valence-electron chi connectivity index (χ3n) is 3.94. The number of imidazole rings is 1. The minimum Gasteiger partial charge on any atom is -0.335 e. The number of aromatic amines is 1. The van der Waals surface area contributed by atoms with E-state index in [2.05, 4.69) is 15.3 Å². The molecule has 2 heterocycles. The summed E-state index contributed by atoms with van der Waals surface area (Å²) in [5.74, 6) is -0.614. The van der Waals surface area contributed by atoms with Crippen molar-refractivity contribution in [2.24, 2.45) is 5.92 Å². The number of hydrogen-bond donors (Lipinski definition) is 2. The molecule has 7 nitrogen and oxygen atoms in total. The van der Waals surface area contributed by atoms with Gasteiger partial charge in [0.1, 0.15) is 0 Å². The van der Waals surface area contributed by atoms with Crippen molar-refractivity contribution in [3.8, 4) is 0 Å². The zero-order chi connectivity index (χ0) is 17.2. The molecule has 1 atom stereocenters. The summed E-state index contributed by atoms with van der Waals surface area (Å²) >= 11 is 5.91. The highest BCUT2D eigenvalue weighted by molar-refractivity contribution is 7.89. The highest BCUT2D eigenvalue weighted by Gasteiger charge is 2.34. The minimum atomic E-state index is -3.65. The van der Waals surface area contributed by atoms with Gasteiger partial charge in [-0.05, 0) is 31.0 Å². The first kappa shape index (κ1) is 16.9. The van der Waals surface area contributed by atoms with Crippen molar-refractivity contribution in [3.63, 3.8) is 0 Å². The molecule has 0 spiro atoms. The van der Waals surface area contributed by atoms with Crippen LogP contribution >= 0.6 is 11.6 Å². The highest BCUT2D eigenvalue weighted by Crippen LogP contribution is 2.24. The van der Waals surface area contributed by atoms with Gasteiger partial charge >= 0.3 is 0 Å². The number of aromatic nitrogens is 2. The lowest BCUT2D eigenvalue weighted by Crippen LogP contribution is -2.43. The summed E-state index contributed by atoms with van der Waals surface area (Å²) in [6.07, 6.45) is 3.85. The first-order valence-corrected chi connectivity index (χ1v) is 9.33. The zero-order valence-corrected chi connectivity index (χ0v) is 14.3. The van der Waals surface area contributed by atoms with Crippen LogP contribution in [-0.2, 0) is 14.8 Å². The van der Waals surface area contributed by atoms with E-state index in [0.717, 1.165) is 0 Å². The Kier molecular flexibility index (Phi) is 4.88. The number of benzene rings is 1. The number of sulfonamides is 1. The Balaban J connectivity index is 1.70. The van der Waals surface area contributed by atoms with Crippen LogP contribution < -0.4 is 5.32 Å². The molecule has 1 fully saturated rings. The summed E-state index contributed by atoms with van der Waals surface area (Å²) in [6, 6.07) is 6.86. The Hall–Kier alpha value is -1.90.